The zero-order chi connectivity index (χ0) is 20.8. The van der Waals surface area contributed by atoms with Crippen LogP contribution >= 0.6 is 0 Å². The van der Waals surface area contributed by atoms with Gasteiger partial charge in [0.2, 0.25) is 0 Å². The molecule has 0 aromatic heterocycles. The first-order chi connectivity index (χ1) is 14.7. The monoisotopic (exact) mass is 392 g/mol. The number of ketones is 1. The second-order valence-electron chi connectivity index (χ2n) is 7.30. The van der Waals surface area contributed by atoms with Gasteiger partial charge in [0.1, 0.15) is 11.7 Å². The molecule has 0 aliphatic carbocycles. The van der Waals surface area contributed by atoms with Gasteiger partial charge in [-0.25, -0.2) is 0 Å². The van der Waals surface area contributed by atoms with Gasteiger partial charge in [0.15, 0.2) is 5.78 Å². The molecule has 0 aliphatic heterocycles. The van der Waals surface area contributed by atoms with Crippen molar-refractivity contribution in [3.8, 4) is 0 Å². The van der Waals surface area contributed by atoms with Crippen LogP contribution < -0.4 is 0 Å². The third-order valence-electron chi connectivity index (χ3n) is 5.31. The molecule has 0 heterocycles. The van der Waals surface area contributed by atoms with E-state index in [1.807, 2.05) is 84.9 Å². The van der Waals surface area contributed by atoms with E-state index in [2.05, 4.69) is 36.4 Å². The van der Waals surface area contributed by atoms with Crippen LogP contribution in [0.2, 0.25) is 0 Å². The Morgan fingerprint density at radius 1 is 0.600 bits per heavy atom. The predicted molar refractivity (Wildman–Crippen MR) is 120 cm³/mol. The first-order valence-electron chi connectivity index (χ1n) is 10.1. The molecule has 0 aliphatic rings. The average molecular weight is 392 g/mol. The second-order valence-corrected chi connectivity index (χ2v) is 7.30. The molecule has 0 spiro atoms. The van der Waals surface area contributed by atoms with E-state index in [1.165, 1.54) is 0 Å². The summed E-state index contributed by atoms with van der Waals surface area (Å²) in [5.74, 6) is -0.0339. The van der Waals surface area contributed by atoms with Gasteiger partial charge in [-0.1, -0.05) is 121 Å². The molecule has 1 atom stereocenters. The molecule has 0 fully saturated rings. The van der Waals surface area contributed by atoms with Crippen molar-refractivity contribution in [1.29, 1.82) is 0 Å². The van der Waals surface area contributed by atoms with Crippen LogP contribution in [0.4, 0.5) is 0 Å². The molecule has 0 N–H and O–H groups in total. The molecule has 0 bridgehead atoms. The second kappa shape index (κ2) is 8.89. The Bertz CT molecular complexity index is 978. The van der Waals surface area contributed by atoms with Gasteiger partial charge in [-0.2, -0.15) is 0 Å². The third-order valence-corrected chi connectivity index (χ3v) is 5.31. The van der Waals surface area contributed by atoms with E-state index in [9.17, 15) is 4.79 Å². The van der Waals surface area contributed by atoms with Crippen molar-refractivity contribution < 1.29 is 9.53 Å². The lowest BCUT2D eigenvalue weighted by Gasteiger charge is -2.38. The molecular formula is C28H24O2. The van der Waals surface area contributed by atoms with Gasteiger partial charge in [-0.05, 0) is 29.2 Å². The summed E-state index contributed by atoms with van der Waals surface area (Å²) >= 11 is 0. The molecular weight excluding hydrogens is 368 g/mol. The number of Topliss-reactive ketones (excluding diaryl/α,β-unsaturated/α-hetero) is 1. The lowest BCUT2D eigenvalue weighted by Crippen LogP contribution is -2.36. The van der Waals surface area contributed by atoms with Crippen LogP contribution in [-0.4, -0.2) is 5.78 Å². The number of carbonyl (C=O) groups excluding carboxylic acids is 1. The van der Waals surface area contributed by atoms with Gasteiger partial charge < -0.3 is 4.74 Å². The van der Waals surface area contributed by atoms with Crippen LogP contribution in [0, 0.1) is 0 Å². The topological polar surface area (TPSA) is 26.3 Å². The summed E-state index contributed by atoms with van der Waals surface area (Å²) in [6.45, 7) is 1.59. The quantitative estimate of drug-likeness (QED) is 0.344. The van der Waals surface area contributed by atoms with Crippen LogP contribution in [0.5, 0.6) is 0 Å². The van der Waals surface area contributed by atoms with Gasteiger partial charge in [-0.15, -0.1) is 0 Å². The van der Waals surface area contributed by atoms with Gasteiger partial charge in [-0.3, -0.25) is 4.79 Å². The van der Waals surface area contributed by atoms with E-state index < -0.39 is 11.7 Å². The number of rotatable bonds is 7. The van der Waals surface area contributed by atoms with Crippen LogP contribution in [0.1, 0.15) is 35.3 Å². The first-order valence-corrected chi connectivity index (χ1v) is 10.1. The van der Waals surface area contributed by atoms with Crippen LogP contribution in [0.15, 0.2) is 121 Å². The highest BCUT2D eigenvalue weighted by Gasteiger charge is 2.41. The van der Waals surface area contributed by atoms with Gasteiger partial charge in [0.25, 0.3) is 0 Å². The standard InChI is InChI=1S/C28H24O2/c1-22(29)27(23-14-6-2-7-15-23)30-28(24-16-8-3-9-17-24,25-18-10-4-11-19-25)26-20-12-5-13-21-26/h2-21,27H,1H3. The summed E-state index contributed by atoms with van der Waals surface area (Å²) in [5, 5.41) is 0. The number of ether oxygens (including phenoxy) is 1. The molecule has 1 unspecified atom stereocenters. The zero-order valence-corrected chi connectivity index (χ0v) is 16.9. The molecule has 148 valence electrons. The average Bonchev–Trinajstić information content (AvgIpc) is 2.82. The molecule has 0 radical (unpaired) electrons. The SMILES string of the molecule is CC(=O)C(OC(c1ccccc1)(c1ccccc1)c1ccccc1)c1ccccc1. The lowest BCUT2D eigenvalue weighted by molar-refractivity contribution is -0.137. The fourth-order valence-corrected chi connectivity index (χ4v) is 3.91. The van der Waals surface area contributed by atoms with Crippen molar-refractivity contribution in [1.82, 2.24) is 0 Å². The smallest absolute Gasteiger partial charge is 0.163 e. The minimum atomic E-state index is -0.935. The van der Waals surface area contributed by atoms with E-state index in [-0.39, 0.29) is 5.78 Å². The summed E-state index contributed by atoms with van der Waals surface area (Å²) in [7, 11) is 0. The highest BCUT2D eigenvalue weighted by Crippen LogP contribution is 2.44. The first kappa shape index (κ1) is 19.8. The Labute approximate surface area is 177 Å². The van der Waals surface area contributed by atoms with Crippen molar-refractivity contribution in [3.63, 3.8) is 0 Å². The molecule has 4 rings (SSSR count). The maximum absolute atomic E-state index is 12.8. The van der Waals surface area contributed by atoms with Crippen molar-refractivity contribution in [2.75, 3.05) is 0 Å². The Morgan fingerprint density at radius 2 is 0.933 bits per heavy atom. The Balaban J connectivity index is 1.98. The van der Waals surface area contributed by atoms with Crippen LogP contribution in [-0.2, 0) is 15.1 Å². The maximum Gasteiger partial charge on any atom is 0.163 e. The minimum absolute atomic E-state index is 0.0339. The van der Waals surface area contributed by atoms with E-state index in [0.717, 1.165) is 22.3 Å². The molecule has 0 amide bonds. The molecule has 2 nitrogen and oxygen atoms in total. The fraction of sp³-hybridized carbons (Fsp3) is 0.107. The fourth-order valence-electron chi connectivity index (χ4n) is 3.91. The molecule has 2 heteroatoms. The minimum Gasteiger partial charge on any atom is -0.345 e. The summed E-state index contributed by atoms with van der Waals surface area (Å²) < 4.78 is 6.89. The highest BCUT2D eigenvalue weighted by atomic mass is 16.5. The maximum atomic E-state index is 12.8. The van der Waals surface area contributed by atoms with E-state index >= 15 is 0 Å². The largest absolute Gasteiger partial charge is 0.345 e. The molecule has 4 aromatic rings. The summed E-state index contributed by atoms with van der Waals surface area (Å²) in [6.07, 6.45) is -0.702. The van der Waals surface area contributed by atoms with Gasteiger partial charge in [0.05, 0.1) is 0 Å². The highest BCUT2D eigenvalue weighted by molar-refractivity contribution is 5.82. The van der Waals surface area contributed by atoms with Crippen LogP contribution in [0.3, 0.4) is 0 Å². The Kier molecular flexibility index (Phi) is 5.87. The predicted octanol–water partition coefficient (Wildman–Crippen LogP) is 6.33. The Hall–Kier alpha value is -3.49. The third kappa shape index (κ3) is 3.83. The van der Waals surface area contributed by atoms with Crippen LogP contribution in [0.25, 0.3) is 0 Å². The molecule has 0 saturated heterocycles. The van der Waals surface area contributed by atoms with E-state index in [1.54, 1.807) is 6.92 Å². The Morgan fingerprint density at radius 3 is 1.27 bits per heavy atom. The zero-order valence-electron chi connectivity index (χ0n) is 16.9. The normalized spacial score (nSPS) is 12.3. The van der Waals surface area contributed by atoms with Crippen molar-refractivity contribution in [2.24, 2.45) is 0 Å². The summed E-state index contributed by atoms with van der Waals surface area (Å²) in [5.41, 5.74) is 2.84. The number of hydrogen-bond donors (Lipinski definition) is 0. The number of carbonyl (C=O) groups is 1. The number of hydrogen-bond acceptors (Lipinski definition) is 2. The molecule has 30 heavy (non-hydrogen) atoms. The lowest BCUT2D eigenvalue weighted by atomic mass is 9.79. The van der Waals surface area contributed by atoms with Gasteiger partial charge in [0, 0.05) is 0 Å². The summed E-state index contributed by atoms with van der Waals surface area (Å²) in [6, 6.07) is 40.0. The van der Waals surface area contributed by atoms with Gasteiger partial charge >= 0.3 is 0 Å². The van der Waals surface area contributed by atoms with E-state index in [4.69, 9.17) is 4.74 Å². The molecule has 0 saturated carbocycles. The number of benzene rings is 4. The van der Waals surface area contributed by atoms with Crippen molar-refractivity contribution in [2.45, 2.75) is 18.6 Å². The van der Waals surface area contributed by atoms with E-state index in [0.29, 0.717) is 0 Å². The van der Waals surface area contributed by atoms with Crippen molar-refractivity contribution in [3.05, 3.63) is 144 Å². The molecule has 4 aromatic carbocycles. The van der Waals surface area contributed by atoms with Crippen molar-refractivity contribution >= 4 is 5.78 Å². The summed E-state index contributed by atoms with van der Waals surface area (Å²) in [4.78, 5) is 12.8.